The number of carbonyl (C=O) groups is 3. The van der Waals surface area contributed by atoms with Crippen molar-refractivity contribution in [2.75, 3.05) is 25.0 Å². The van der Waals surface area contributed by atoms with Crippen LogP contribution >= 0.6 is 0 Å². The molecule has 2 bridgehead atoms. The van der Waals surface area contributed by atoms with Crippen LogP contribution in [-0.2, 0) is 30.8 Å². The second kappa shape index (κ2) is 6.24. The van der Waals surface area contributed by atoms with E-state index in [9.17, 15) is 22.8 Å². The second-order valence-corrected chi connectivity index (χ2v) is 9.94. The van der Waals surface area contributed by atoms with E-state index in [1.165, 1.54) is 18.0 Å². The number of allylic oxidation sites excluding steroid dienone is 2. The average Bonchev–Trinajstić information content (AvgIpc) is 3.47. The molecule has 152 valence electrons. The van der Waals surface area contributed by atoms with E-state index >= 15 is 0 Å². The van der Waals surface area contributed by atoms with Gasteiger partial charge in [0.2, 0.25) is 27.7 Å². The van der Waals surface area contributed by atoms with E-state index in [4.69, 9.17) is 0 Å². The Balaban J connectivity index is 1.35. The molecule has 2 aliphatic carbocycles. The Morgan fingerprint density at radius 2 is 1.79 bits per heavy atom. The Morgan fingerprint density at radius 1 is 1.14 bits per heavy atom. The third-order valence-corrected chi connectivity index (χ3v) is 8.09. The molecular formula is C20H21N3O5S. The fourth-order valence-electron chi connectivity index (χ4n) is 5.26. The lowest BCUT2D eigenvalue weighted by Crippen LogP contribution is -2.43. The highest BCUT2D eigenvalue weighted by Gasteiger charge is 2.59. The molecular weight excluding hydrogens is 394 g/mol. The van der Waals surface area contributed by atoms with Gasteiger partial charge in [-0.1, -0.05) is 12.2 Å². The molecule has 2 heterocycles. The number of anilines is 1. The number of rotatable bonds is 4. The molecule has 8 nitrogen and oxygen atoms in total. The highest BCUT2D eigenvalue weighted by Crippen LogP contribution is 2.52. The van der Waals surface area contributed by atoms with Crippen molar-refractivity contribution in [3.05, 3.63) is 35.9 Å². The van der Waals surface area contributed by atoms with E-state index in [0.29, 0.717) is 18.7 Å². The van der Waals surface area contributed by atoms with Crippen LogP contribution in [0.15, 0.2) is 35.2 Å². The third-order valence-electron chi connectivity index (χ3n) is 6.68. The minimum atomic E-state index is -3.56. The lowest BCUT2D eigenvalue weighted by molar-refractivity contribution is -0.143. The topological polar surface area (TPSA) is 104 Å². The summed E-state index contributed by atoms with van der Waals surface area (Å²) in [4.78, 5) is 41.3. The third kappa shape index (κ3) is 2.60. The Labute approximate surface area is 168 Å². The molecule has 1 saturated heterocycles. The number of imide groups is 1. The largest absolute Gasteiger partial charge is 0.310 e. The number of nitrogens with one attached hydrogen (secondary N) is 1. The van der Waals surface area contributed by atoms with E-state index in [1.54, 1.807) is 12.1 Å². The molecule has 4 unspecified atom stereocenters. The number of hydrogen-bond donors (Lipinski definition) is 1. The predicted molar refractivity (Wildman–Crippen MR) is 103 cm³/mol. The maximum absolute atomic E-state index is 12.9. The first-order chi connectivity index (χ1) is 13.8. The quantitative estimate of drug-likeness (QED) is 0.562. The van der Waals surface area contributed by atoms with Gasteiger partial charge in [-0.2, -0.15) is 0 Å². The fraction of sp³-hybridized carbons (Fsp3) is 0.450. The van der Waals surface area contributed by atoms with Gasteiger partial charge in [-0.05, 0) is 55.5 Å². The first-order valence-corrected chi connectivity index (χ1v) is 11.2. The average molecular weight is 415 g/mol. The van der Waals surface area contributed by atoms with Gasteiger partial charge in [0.25, 0.3) is 0 Å². The van der Waals surface area contributed by atoms with Crippen LogP contribution in [0.4, 0.5) is 5.69 Å². The zero-order valence-electron chi connectivity index (χ0n) is 15.9. The molecule has 9 heteroatoms. The van der Waals surface area contributed by atoms with Gasteiger partial charge in [0, 0.05) is 12.2 Å². The maximum Gasteiger partial charge on any atom is 0.247 e. The molecule has 3 amide bonds. The molecule has 29 heavy (non-hydrogen) atoms. The molecule has 4 aliphatic rings. The summed E-state index contributed by atoms with van der Waals surface area (Å²) in [7, 11) is -2.21. The molecule has 0 radical (unpaired) electrons. The van der Waals surface area contributed by atoms with E-state index in [1.807, 2.05) is 12.2 Å². The van der Waals surface area contributed by atoms with Crippen LogP contribution in [0.2, 0.25) is 0 Å². The zero-order chi connectivity index (χ0) is 20.5. The summed E-state index contributed by atoms with van der Waals surface area (Å²) in [5.41, 5.74) is 1.39. The van der Waals surface area contributed by atoms with Crippen LogP contribution in [0, 0.1) is 23.7 Å². The first kappa shape index (κ1) is 18.5. The van der Waals surface area contributed by atoms with Gasteiger partial charge in [0.1, 0.15) is 6.54 Å². The molecule has 1 N–H and O–H groups in total. The molecule has 1 aromatic rings. The van der Waals surface area contributed by atoms with Crippen LogP contribution in [0.5, 0.6) is 0 Å². The molecule has 0 aromatic heterocycles. The van der Waals surface area contributed by atoms with Crippen molar-refractivity contribution in [3.63, 3.8) is 0 Å². The summed E-state index contributed by atoms with van der Waals surface area (Å²) < 4.78 is 26.3. The number of benzene rings is 1. The highest BCUT2D eigenvalue weighted by molar-refractivity contribution is 7.89. The van der Waals surface area contributed by atoms with Gasteiger partial charge in [0.15, 0.2) is 0 Å². The van der Waals surface area contributed by atoms with E-state index in [-0.39, 0.29) is 52.8 Å². The Kier molecular flexibility index (Phi) is 3.98. The van der Waals surface area contributed by atoms with Crippen molar-refractivity contribution in [2.24, 2.45) is 23.7 Å². The number of likely N-dealkylation sites (tertiary alicyclic amines) is 1. The summed E-state index contributed by atoms with van der Waals surface area (Å²) in [6.07, 6.45) is 5.42. The van der Waals surface area contributed by atoms with Crippen LogP contribution in [0.3, 0.4) is 0 Å². The Morgan fingerprint density at radius 3 is 2.41 bits per heavy atom. The lowest BCUT2D eigenvalue weighted by Gasteiger charge is -2.22. The molecule has 4 atom stereocenters. The predicted octanol–water partition coefficient (Wildman–Crippen LogP) is 0.291. The monoisotopic (exact) mass is 415 g/mol. The van der Waals surface area contributed by atoms with Crippen LogP contribution in [-0.4, -0.2) is 51.2 Å². The number of carbonyl (C=O) groups excluding carboxylic acids is 3. The van der Waals surface area contributed by atoms with Crippen LogP contribution in [0.1, 0.15) is 12.0 Å². The van der Waals surface area contributed by atoms with Gasteiger partial charge >= 0.3 is 0 Å². The minimum absolute atomic E-state index is 0.113. The van der Waals surface area contributed by atoms with Crippen molar-refractivity contribution in [1.82, 2.24) is 9.62 Å². The van der Waals surface area contributed by atoms with Gasteiger partial charge in [-0.15, -0.1) is 0 Å². The minimum Gasteiger partial charge on any atom is -0.310 e. The molecule has 2 fully saturated rings. The molecule has 1 aromatic carbocycles. The molecule has 1 saturated carbocycles. The number of hydrogen-bond acceptors (Lipinski definition) is 5. The number of nitrogens with zero attached hydrogens (tertiary/aromatic N) is 2. The van der Waals surface area contributed by atoms with E-state index in [0.717, 1.165) is 16.9 Å². The number of amides is 3. The van der Waals surface area contributed by atoms with Crippen molar-refractivity contribution < 1.29 is 22.8 Å². The Hall–Kier alpha value is -2.52. The fourth-order valence-corrected chi connectivity index (χ4v) is 6.04. The first-order valence-electron chi connectivity index (χ1n) is 9.72. The zero-order valence-corrected chi connectivity index (χ0v) is 16.7. The number of fused-ring (bicyclic) bond motifs is 6. The van der Waals surface area contributed by atoms with Crippen LogP contribution < -0.4 is 9.62 Å². The normalized spacial score (nSPS) is 29.7. The number of sulfonamides is 1. The summed E-state index contributed by atoms with van der Waals surface area (Å²) in [6.45, 7) is 0.132. The van der Waals surface area contributed by atoms with Gasteiger partial charge < -0.3 is 4.90 Å². The van der Waals surface area contributed by atoms with E-state index in [2.05, 4.69) is 4.72 Å². The molecule has 2 aliphatic heterocycles. The summed E-state index contributed by atoms with van der Waals surface area (Å²) >= 11 is 0. The van der Waals surface area contributed by atoms with Gasteiger partial charge in [-0.3, -0.25) is 19.3 Å². The van der Waals surface area contributed by atoms with Crippen molar-refractivity contribution in [2.45, 2.75) is 17.7 Å². The molecule has 5 rings (SSSR count). The van der Waals surface area contributed by atoms with Crippen molar-refractivity contribution in [1.29, 1.82) is 0 Å². The van der Waals surface area contributed by atoms with Gasteiger partial charge in [0.05, 0.1) is 16.7 Å². The lowest BCUT2D eigenvalue weighted by atomic mass is 9.85. The Bertz CT molecular complexity index is 1050. The summed E-state index contributed by atoms with van der Waals surface area (Å²) in [5, 5.41) is 0. The second-order valence-electron chi connectivity index (χ2n) is 8.06. The standard InChI is InChI=1S/C20H21N3O5S/c1-21-29(27,28)14-4-5-15-11(9-14)6-7-22(15)16(24)10-23-19(25)17-12-2-3-13(8-12)18(17)20(23)26/h2-5,9,12-13,17-18,21H,6-8,10H2,1H3. The smallest absolute Gasteiger partial charge is 0.247 e. The van der Waals surface area contributed by atoms with Gasteiger partial charge in [-0.25, -0.2) is 13.1 Å². The SMILES string of the molecule is CNS(=O)(=O)c1ccc2c(c1)CCN2C(=O)CN1C(=O)C2C3C=CC(C3)C2C1=O. The summed E-state index contributed by atoms with van der Waals surface area (Å²) in [6, 6.07) is 4.63. The van der Waals surface area contributed by atoms with Crippen molar-refractivity contribution >= 4 is 33.4 Å². The van der Waals surface area contributed by atoms with E-state index < -0.39 is 10.0 Å². The van der Waals surface area contributed by atoms with Crippen molar-refractivity contribution in [3.8, 4) is 0 Å². The highest BCUT2D eigenvalue weighted by atomic mass is 32.2. The molecule has 0 spiro atoms. The van der Waals surface area contributed by atoms with Crippen LogP contribution in [0.25, 0.3) is 0 Å². The summed E-state index contributed by atoms with van der Waals surface area (Å²) in [5.74, 6) is -1.20. The maximum atomic E-state index is 12.9.